The van der Waals surface area contributed by atoms with Crippen molar-refractivity contribution in [3.8, 4) is 0 Å². The van der Waals surface area contributed by atoms with Crippen LogP contribution in [0.2, 0.25) is 0 Å². The number of carbonyl (C=O) groups is 1. The largest absolute Gasteiger partial charge is 0.271 e. The molecule has 2 aromatic rings. The van der Waals surface area contributed by atoms with Crippen molar-refractivity contribution in [1.82, 2.24) is 20.4 Å². The molecule has 1 heterocycles. The second kappa shape index (κ2) is 8.96. The van der Waals surface area contributed by atoms with Crippen molar-refractivity contribution < 1.29 is 4.79 Å². The molecule has 0 saturated carbocycles. The van der Waals surface area contributed by atoms with Crippen LogP contribution in [0.1, 0.15) is 40.0 Å². The van der Waals surface area contributed by atoms with E-state index in [9.17, 15) is 4.79 Å². The number of benzene rings is 1. The molecule has 0 fully saturated rings. The van der Waals surface area contributed by atoms with Crippen LogP contribution in [0, 0.1) is 5.92 Å². The Hall–Kier alpha value is -2.50. The van der Waals surface area contributed by atoms with Gasteiger partial charge in [-0.1, -0.05) is 35.9 Å². The number of aromatic nitrogens is 3. The average molecular weight is 327 g/mol. The van der Waals surface area contributed by atoms with Crippen molar-refractivity contribution in [3.05, 3.63) is 35.9 Å². The highest BCUT2D eigenvalue weighted by Crippen LogP contribution is 2.10. The van der Waals surface area contributed by atoms with Crippen molar-refractivity contribution in [2.45, 2.75) is 46.6 Å². The van der Waals surface area contributed by atoms with Crippen molar-refractivity contribution in [3.63, 3.8) is 0 Å². The molecule has 1 aromatic heterocycles. The predicted molar refractivity (Wildman–Crippen MR) is 96.6 cm³/mol. The summed E-state index contributed by atoms with van der Waals surface area (Å²) < 4.78 is 1.57. The first-order valence-electron chi connectivity index (χ1n) is 8.28. The van der Waals surface area contributed by atoms with Crippen molar-refractivity contribution in [1.29, 1.82) is 0 Å². The normalized spacial score (nSPS) is 12.5. The molecule has 0 bridgehead atoms. The van der Waals surface area contributed by atoms with Crippen molar-refractivity contribution in [2.75, 3.05) is 0 Å². The van der Waals surface area contributed by atoms with Gasteiger partial charge in [-0.05, 0) is 51.2 Å². The lowest BCUT2D eigenvalue weighted by atomic mass is 10.0. The fraction of sp³-hybridized carbons (Fsp3) is 0.444. The van der Waals surface area contributed by atoms with Gasteiger partial charge in [-0.2, -0.15) is 5.10 Å². The van der Waals surface area contributed by atoms with Crippen LogP contribution < -0.4 is 5.43 Å². The van der Waals surface area contributed by atoms with Crippen LogP contribution in [0.3, 0.4) is 0 Å². The molecule has 1 amide bonds. The molecule has 6 nitrogen and oxygen atoms in total. The number of allylic oxidation sites excluding steroid dienone is 2. The molecule has 1 atom stereocenters. The van der Waals surface area contributed by atoms with Crippen LogP contribution in [-0.2, 0) is 11.3 Å². The van der Waals surface area contributed by atoms with Gasteiger partial charge in [0.25, 0.3) is 5.91 Å². The van der Waals surface area contributed by atoms with Crippen LogP contribution in [-0.4, -0.2) is 27.1 Å². The highest BCUT2D eigenvalue weighted by Gasteiger charge is 2.07. The van der Waals surface area contributed by atoms with Crippen molar-refractivity contribution >= 4 is 23.2 Å². The fourth-order valence-corrected chi connectivity index (χ4v) is 2.33. The molecule has 0 unspecified atom stereocenters. The predicted octanol–water partition coefficient (Wildman–Crippen LogP) is 3.31. The van der Waals surface area contributed by atoms with Crippen LogP contribution in [0.15, 0.2) is 41.0 Å². The molecule has 1 aromatic carbocycles. The van der Waals surface area contributed by atoms with E-state index in [2.05, 4.69) is 47.7 Å². The number of amides is 1. The van der Waals surface area contributed by atoms with E-state index >= 15 is 0 Å². The summed E-state index contributed by atoms with van der Waals surface area (Å²) in [6, 6.07) is 7.55. The Labute approximate surface area is 142 Å². The Balaban J connectivity index is 1.74. The van der Waals surface area contributed by atoms with Gasteiger partial charge in [-0.3, -0.25) is 4.79 Å². The second-order valence-corrected chi connectivity index (χ2v) is 6.28. The molecule has 0 saturated heterocycles. The number of hydrogen-bond donors (Lipinski definition) is 1. The van der Waals surface area contributed by atoms with Gasteiger partial charge in [0.2, 0.25) is 0 Å². The number of nitrogens with zero attached hydrogens (tertiary/aromatic N) is 4. The van der Waals surface area contributed by atoms with Crippen LogP contribution in [0.25, 0.3) is 11.0 Å². The minimum Gasteiger partial charge on any atom is -0.271 e. The SMILES string of the molecule is CC(C)=CCC[C@@H](C)C/C=N\NC(=O)Cn1nnc2ccccc21. The summed E-state index contributed by atoms with van der Waals surface area (Å²) in [5, 5.41) is 12.0. The maximum atomic E-state index is 11.9. The summed E-state index contributed by atoms with van der Waals surface area (Å²) in [6.45, 7) is 6.52. The number of hydrogen-bond acceptors (Lipinski definition) is 4. The summed E-state index contributed by atoms with van der Waals surface area (Å²) in [6.07, 6.45) is 7.07. The van der Waals surface area contributed by atoms with Gasteiger partial charge in [0.15, 0.2) is 0 Å². The Bertz CT molecular complexity index is 728. The van der Waals surface area contributed by atoms with Gasteiger partial charge in [0, 0.05) is 6.21 Å². The monoisotopic (exact) mass is 327 g/mol. The molecule has 0 aliphatic carbocycles. The Morgan fingerprint density at radius 3 is 2.96 bits per heavy atom. The molecule has 0 aliphatic heterocycles. The van der Waals surface area contributed by atoms with E-state index in [4.69, 9.17) is 0 Å². The smallest absolute Gasteiger partial charge is 0.261 e. The zero-order chi connectivity index (χ0) is 17.4. The van der Waals surface area contributed by atoms with E-state index in [0.717, 1.165) is 30.3 Å². The summed E-state index contributed by atoms with van der Waals surface area (Å²) in [5.41, 5.74) is 5.51. The van der Waals surface area contributed by atoms with Gasteiger partial charge >= 0.3 is 0 Å². The maximum Gasteiger partial charge on any atom is 0.261 e. The van der Waals surface area contributed by atoms with E-state index in [1.54, 1.807) is 10.9 Å². The molecule has 0 aliphatic rings. The molecule has 1 N–H and O–H groups in total. The summed E-state index contributed by atoms with van der Waals surface area (Å²) in [7, 11) is 0. The average Bonchev–Trinajstić information content (AvgIpc) is 2.94. The van der Waals surface area contributed by atoms with E-state index in [1.807, 2.05) is 24.3 Å². The Morgan fingerprint density at radius 2 is 2.17 bits per heavy atom. The first-order valence-corrected chi connectivity index (χ1v) is 8.28. The molecule has 0 radical (unpaired) electrons. The molecule has 24 heavy (non-hydrogen) atoms. The third-order valence-electron chi connectivity index (χ3n) is 3.71. The van der Waals surface area contributed by atoms with Gasteiger partial charge in [-0.25, -0.2) is 10.1 Å². The van der Waals surface area contributed by atoms with Gasteiger partial charge in [0.1, 0.15) is 12.1 Å². The van der Waals surface area contributed by atoms with Gasteiger partial charge in [-0.15, -0.1) is 5.10 Å². The van der Waals surface area contributed by atoms with E-state index < -0.39 is 0 Å². The van der Waals surface area contributed by atoms with Crippen LogP contribution in [0.4, 0.5) is 0 Å². The van der Waals surface area contributed by atoms with E-state index in [-0.39, 0.29) is 12.5 Å². The number of rotatable bonds is 8. The fourth-order valence-electron chi connectivity index (χ4n) is 2.33. The zero-order valence-electron chi connectivity index (χ0n) is 14.6. The van der Waals surface area contributed by atoms with Crippen molar-refractivity contribution in [2.24, 2.45) is 11.0 Å². The third kappa shape index (κ3) is 5.61. The van der Waals surface area contributed by atoms with Crippen LogP contribution >= 0.6 is 0 Å². The van der Waals surface area contributed by atoms with Crippen LogP contribution in [0.5, 0.6) is 0 Å². The topological polar surface area (TPSA) is 72.2 Å². The lowest BCUT2D eigenvalue weighted by molar-refractivity contribution is -0.121. The summed E-state index contributed by atoms with van der Waals surface area (Å²) in [4.78, 5) is 11.9. The lowest BCUT2D eigenvalue weighted by Crippen LogP contribution is -2.23. The Morgan fingerprint density at radius 1 is 1.38 bits per heavy atom. The standard InChI is InChI=1S/C18H25N5O/c1-14(2)7-6-8-15(3)11-12-19-21-18(24)13-23-17-10-5-4-9-16(17)20-22-23/h4-5,7,9-10,12,15H,6,8,11,13H2,1-3H3,(H,21,24)/b19-12-/t15-/m1/s1. The van der Waals surface area contributed by atoms with E-state index in [0.29, 0.717) is 5.92 Å². The first-order chi connectivity index (χ1) is 11.6. The third-order valence-corrected chi connectivity index (χ3v) is 3.71. The molecule has 128 valence electrons. The Kier molecular flexibility index (Phi) is 6.66. The number of nitrogens with one attached hydrogen (secondary N) is 1. The quantitative estimate of drug-likeness (QED) is 0.459. The first kappa shape index (κ1) is 17.8. The highest BCUT2D eigenvalue weighted by atomic mass is 16.2. The maximum absolute atomic E-state index is 11.9. The number of hydrazone groups is 1. The number of carbonyl (C=O) groups excluding carboxylic acids is 1. The molecular formula is C18H25N5O. The molecule has 6 heteroatoms. The van der Waals surface area contributed by atoms with Gasteiger partial charge in [0.05, 0.1) is 5.52 Å². The highest BCUT2D eigenvalue weighted by molar-refractivity contribution is 5.80. The number of para-hydroxylation sites is 1. The summed E-state index contributed by atoms with van der Waals surface area (Å²) in [5.74, 6) is 0.333. The molecule has 0 spiro atoms. The minimum absolute atomic E-state index is 0.105. The second-order valence-electron chi connectivity index (χ2n) is 6.28. The lowest BCUT2D eigenvalue weighted by Gasteiger charge is -2.06. The summed E-state index contributed by atoms with van der Waals surface area (Å²) >= 11 is 0. The zero-order valence-corrected chi connectivity index (χ0v) is 14.6. The van der Waals surface area contributed by atoms with E-state index in [1.165, 1.54) is 5.57 Å². The minimum atomic E-state index is -0.209. The molecule has 2 rings (SSSR count). The van der Waals surface area contributed by atoms with Gasteiger partial charge < -0.3 is 0 Å². The molecular weight excluding hydrogens is 302 g/mol. The number of fused-ring (bicyclic) bond motifs is 1.